The second-order valence-electron chi connectivity index (χ2n) is 18.1. The number of rotatable bonds is 19. The highest BCUT2D eigenvalue weighted by molar-refractivity contribution is 6.76. The van der Waals surface area contributed by atoms with E-state index in [9.17, 15) is 28.7 Å². The summed E-state index contributed by atoms with van der Waals surface area (Å²) in [5, 5.41) is 15.5. The van der Waals surface area contributed by atoms with E-state index >= 15 is 4.39 Å². The molecule has 0 unspecified atom stereocenters. The Hall–Kier alpha value is -4.60. The van der Waals surface area contributed by atoms with Gasteiger partial charge in [0, 0.05) is 50.7 Å². The van der Waals surface area contributed by atoms with Crippen molar-refractivity contribution in [1.29, 1.82) is 0 Å². The van der Waals surface area contributed by atoms with Gasteiger partial charge in [0.15, 0.2) is 0 Å². The molecule has 3 rings (SSSR count). The molecule has 2 aromatic carbocycles. The third kappa shape index (κ3) is 15.0. The number of alkyl carbamates (subject to hydrolysis) is 1. The van der Waals surface area contributed by atoms with E-state index in [0.29, 0.717) is 30.3 Å². The van der Waals surface area contributed by atoms with Gasteiger partial charge in [-0.3, -0.25) is 9.59 Å². The number of benzene rings is 2. The SMILES string of the molecule is CC(C)(C)CCOC(=O)N[C@@H](CCN(C(=O)CO)[C@@H](c1cc(-c2cc(F)ccc2F)cn1Cc1ccccc1)C(C)(C)C)C(=O)N[C@H](CN)C(=O)OCC[Si](C)(C)C. The van der Waals surface area contributed by atoms with Crippen molar-refractivity contribution >= 4 is 32.0 Å². The molecule has 0 aliphatic carbocycles. The van der Waals surface area contributed by atoms with Gasteiger partial charge >= 0.3 is 12.1 Å². The van der Waals surface area contributed by atoms with Crippen molar-refractivity contribution in [2.45, 2.75) is 105 Å². The summed E-state index contributed by atoms with van der Waals surface area (Å²) < 4.78 is 42.4. The quantitative estimate of drug-likeness (QED) is 0.0772. The molecule has 0 bridgehead atoms. The van der Waals surface area contributed by atoms with Gasteiger partial charge in [-0.05, 0) is 59.5 Å². The lowest BCUT2D eigenvalue weighted by Crippen LogP contribution is -2.55. The lowest BCUT2D eigenvalue weighted by atomic mass is 9.82. The maximum atomic E-state index is 15.2. The highest BCUT2D eigenvalue weighted by Gasteiger charge is 2.38. The minimum Gasteiger partial charge on any atom is -0.464 e. The van der Waals surface area contributed by atoms with Gasteiger partial charge in [-0.25, -0.2) is 18.4 Å². The molecule has 0 fully saturated rings. The number of amides is 3. The summed E-state index contributed by atoms with van der Waals surface area (Å²) in [4.78, 5) is 55.3. The van der Waals surface area contributed by atoms with Crippen LogP contribution in [0.4, 0.5) is 13.6 Å². The molecule has 0 aliphatic rings. The Labute approximate surface area is 342 Å². The van der Waals surface area contributed by atoms with Crippen molar-refractivity contribution in [3.05, 3.63) is 83.7 Å². The second-order valence-corrected chi connectivity index (χ2v) is 23.7. The van der Waals surface area contributed by atoms with Gasteiger partial charge in [-0.1, -0.05) is 91.5 Å². The first-order valence-electron chi connectivity index (χ1n) is 19.7. The first-order chi connectivity index (χ1) is 27.0. The smallest absolute Gasteiger partial charge is 0.407 e. The molecule has 5 N–H and O–H groups in total. The van der Waals surface area contributed by atoms with Crippen molar-refractivity contribution < 1.29 is 42.5 Å². The van der Waals surface area contributed by atoms with Crippen LogP contribution in [0.25, 0.3) is 11.1 Å². The average molecular weight is 828 g/mol. The van der Waals surface area contributed by atoms with Crippen LogP contribution >= 0.6 is 0 Å². The van der Waals surface area contributed by atoms with E-state index < -0.39 is 73.7 Å². The van der Waals surface area contributed by atoms with Crippen LogP contribution in [0.3, 0.4) is 0 Å². The molecule has 1 aromatic heterocycles. The predicted octanol–water partition coefficient (Wildman–Crippen LogP) is 6.64. The molecule has 0 spiro atoms. The van der Waals surface area contributed by atoms with Crippen LogP contribution in [0, 0.1) is 22.5 Å². The number of aliphatic hydroxyl groups excluding tert-OH is 1. The van der Waals surface area contributed by atoms with Crippen LogP contribution < -0.4 is 16.4 Å². The van der Waals surface area contributed by atoms with Crippen LogP contribution in [-0.2, 0) is 30.4 Å². The molecule has 320 valence electrons. The molecule has 58 heavy (non-hydrogen) atoms. The number of aliphatic hydroxyl groups is 1. The topological polar surface area (TPSA) is 165 Å². The number of nitrogens with one attached hydrogen (secondary N) is 2. The third-order valence-electron chi connectivity index (χ3n) is 9.52. The Bertz CT molecular complexity index is 1840. The molecule has 3 atom stereocenters. The van der Waals surface area contributed by atoms with Gasteiger partial charge in [-0.15, -0.1) is 0 Å². The minimum absolute atomic E-state index is 0.0279. The number of ether oxygens (including phenoxy) is 2. The van der Waals surface area contributed by atoms with E-state index in [4.69, 9.17) is 15.2 Å². The fourth-order valence-corrected chi connectivity index (χ4v) is 7.03. The summed E-state index contributed by atoms with van der Waals surface area (Å²) >= 11 is 0. The van der Waals surface area contributed by atoms with Crippen molar-refractivity contribution in [3.8, 4) is 11.1 Å². The van der Waals surface area contributed by atoms with E-state index in [0.717, 1.165) is 23.8 Å². The zero-order valence-electron chi connectivity index (χ0n) is 35.5. The Morgan fingerprint density at radius 2 is 1.59 bits per heavy atom. The van der Waals surface area contributed by atoms with Gasteiger partial charge < -0.3 is 40.4 Å². The summed E-state index contributed by atoms with van der Waals surface area (Å²) in [6.45, 7) is 17.3. The van der Waals surface area contributed by atoms with Crippen LogP contribution in [0.2, 0.25) is 25.7 Å². The van der Waals surface area contributed by atoms with Gasteiger partial charge in [0.1, 0.15) is 30.3 Å². The van der Waals surface area contributed by atoms with Crippen molar-refractivity contribution in [3.63, 3.8) is 0 Å². The normalized spacial score (nSPS) is 13.6. The molecule has 0 aliphatic heterocycles. The summed E-state index contributed by atoms with van der Waals surface area (Å²) in [5.74, 6) is -3.40. The van der Waals surface area contributed by atoms with Crippen LogP contribution in [0.5, 0.6) is 0 Å². The molecule has 12 nitrogen and oxygen atoms in total. The monoisotopic (exact) mass is 827 g/mol. The zero-order chi connectivity index (χ0) is 43.4. The van der Waals surface area contributed by atoms with Crippen LogP contribution in [-0.4, -0.2) is 91.5 Å². The fourth-order valence-electron chi connectivity index (χ4n) is 6.32. The lowest BCUT2D eigenvalue weighted by Gasteiger charge is -2.41. The van der Waals surface area contributed by atoms with E-state index in [-0.39, 0.29) is 43.7 Å². The van der Waals surface area contributed by atoms with Crippen LogP contribution in [0.15, 0.2) is 60.8 Å². The largest absolute Gasteiger partial charge is 0.464 e. The highest BCUT2D eigenvalue weighted by atomic mass is 28.3. The molecule has 0 saturated heterocycles. The van der Waals surface area contributed by atoms with Crippen molar-refractivity contribution in [2.24, 2.45) is 16.6 Å². The number of esters is 1. The zero-order valence-corrected chi connectivity index (χ0v) is 36.5. The maximum Gasteiger partial charge on any atom is 0.407 e. The van der Waals surface area contributed by atoms with E-state index in [1.54, 1.807) is 12.3 Å². The summed E-state index contributed by atoms with van der Waals surface area (Å²) in [5.41, 5.74) is 6.88. The number of carbonyl (C=O) groups is 4. The lowest BCUT2D eigenvalue weighted by molar-refractivity contribution is -0.147. The molecule has 3 aromatic rings. The number of nitrogens with zero attached hydrogens (tertiary/aromatic N) is 2. The maximum absolute atomic E-state index is 15.2. The Kier molecular flexibility index (Phi) is 17.2. The number of hydrogen-bond acceptors (Lipinski definition) is 8. The van der Waals surface area contributed by atoms with Crippen molar-refractivity contribution in [2.75, 3.05) is 32.9 Å². The Morgan fingerprint density at radius 1 is 0.914 bits per heavy atom. The molecular weight excluding hydrogens is 765 g/mol. The van der Waals surface area contributed by atoms with Crippen molar-refractivity contribution in [1.82, 2.24) is 20.1 Å². The van der Waals surface area contributed by atoms with Gasteiger partial charge in [0.25, 0.3) is 0 Å². The van der Waals surface area contributed by atoms with E-state index in [1.165, 1.54) is 4.90 Å². The second kappa shape index (κ2) is 20.9. The number of hydrogen-bond donors (Lipinski definition) is 4. The number of aromatic nitrogens is 1. The summed E-state index contributed by atoms with van der Waals surface area (Å²) in [6.07, 6.45) is 1.19. The number of nitrogens with two attached hydrogens (primary N) is 1. The number of halogens is 2. The van der Waals surface area contributed by atoms with E-state index in [2.05, 4.69) is 30.3 Å². The van der Waals surface area contributed by atoms with E-state index in [1.807, 2.05) is 76.4 Å². The molecular formula is C43H63F2N5O7Si. The number of carbonyl (C=O) groups excluding carboxylic acids is 4. The third-order valence-corrected chi connectivity index (χ3v) is 11.2. The minimum atomic E-state index is -1.53. The first-order valence-corrected chi connectivity index (χ1v) is 23.4. The van der Waals surface area contributed by atoms with Crippen LogP contribution in [0.1, 0.15) is 71.7 Å². The van der Waals surface area contributed by atoms with Gasteiger partial charge in [0.2, 0.25) is 11.8 Å². The Morgan fingerprint density at radius 3 is 2.17 bits per heavy atom. The molecule has 3 amide bonds. The standard InChI is InChI=1S/C43H63F2N5O7Si/c1-42(2,3)18-20-57-41(55)48-34(39(53)47-35(25-46)40(54)56-21-22-58(7,8)9)17-19-50(37(52)28-51)38(43(4,5)6)36-23-30(32-24-31(44)15-16-33(32)45)27-49(36)26-29-13-11-10-12-14-29/h10-16,23-24,27,34-35,38,51H,17-22,25-26,28,46H2,1-9H3,(H,47,53)(H,48,55)/t34-,35+,38-/m0/s1. The molecule has 0 radical (unpaired) electrons. The Balaban J connectivity index is 2.05. The average Bonchev–Trinajstić information content (AvgIpc) is 3.52. The molecule has 1 heterocycles. The predicted molar refractivity (Wildman–Crippen MR) is 223 cm³/mol. The highest BCUT2D eigenvalue weighted by Crippen LogP contribution is 2.41. The summed E-state index contributed by atoms with van der Waals surface area (Å²) in [6, 6.07) is 11.7. The summed E-state index contributed by atoms with van der Waals surface area (Å²) in [7, 11) is -1.53. The van der Waals surface area contributed by atoms with Gasteiger partial charge in [-0.2, -0.15) is 0 Å². The molecule has 0 saturated carbocycles. The first kappa shape index (κ1) is 47.8. The molecule has 15 heteroatoms. The van der Waals surface area contributed by atoms with Gasteiger partial charge in [0.05, 0.1) is 19.3 Å². The fraction of sp³-hybridized carbons (Fsp3) is 0.535.